The standard InChI is InChI=1S/C14H17NO3/c1-9(16)15-13(14(17)18-2)12-7-10-5-3-4-6-11(10)8-12/h3-6,12-13H,7-8H2,1-2H3,(H,15,16)/t13-/m0/s1. The van der Waals surface area contributed by atoms with Crippen molar-refractivity contribution in [2.45, 2.75) is 25.8 Å². The van der Waals surface area contributed by atoms with Crippen molar-refractivity contribution in [3.05, 3.63) is 35.4 Å². The Hall–Kier alpha value is -1.84. The molecule has 0 fully saturated rings. The number of amides is 1. The van der Waals surface area contributed by atoms with Gasteiger partial charge >= 0.3 is 5.97 Å². The molecule has 0 aromatic heterocycles. The zero-order valence-corrected chi connectivity index (χ0v) is 10.6. The lowest BCUT2D eigenvalue weighted by molar-refractivity contribution is -0.146. The lowest BCUT2D eigenvalue weighted by Crippen LogP contribution is -2.46. The van der Waals surface area contributed by atoms with Crippen LogP contribution in [0.2, 0.25) is 0 Å². The number of esters is 1. The van der Waals surface area contributed by atoms with Crippen molar-refractivity contribution in [1.29, 1.82) is 0 Å². The van der Waals surface area contributed by atoms with Crippen molar-refractivity contribution < 1.29 is 14.3 Å². The molecule has 1 aliphatic rings. The Labute approximate surface area is 106 Å². The maximum atomic E-state index is 11.7. The van der Waals surface area contributed by atoms with E-state index in [1.807, 2.05) is 12.1 Å². The molecule has 0 saturated heterocycles. The van der Waals surface area contributed by atoms with Crippen LogP contribution in [0.25, 0.3) is 0 Å². The van der Waals surface area contributed by atoms with E-state index in [1.54, 1.807) is 0 Å². The van der Waals surface area contributed by atoms with Gasteiger partial charge in [0.2, 0.25) is 5.91 Å². The predicted octanol–water partition coefficient (Wildman–Crippen LogP) is 1.08. The number of fused-ring (bicyclic) bond motifs is 1. The summed E-state index contributed by atoms with van der Waals surface area (Å²) in [6, 6.07) is 7.56. The van der Waals surface area contributed by atoms with E-state index in [4.69, 9.17) is 4.74 Å². The van der Waals surface area contributed by atoms with Gasteiger partial charge in [-0.3, -0.25) is 4.79 Å². The number of carbonyl (C=O) groups is 2. The Balaban J connectivity index is 2.15. The molecule has 0 bridgehead atoms. The van der Waals surface area contributed by atoms with Gasteiger partial charge in [-0.1, -0.05) is 24.3 Å². The minimum Gasteiger partial charge on any atom is -0.467 e. The first-order valence-corrected chi connectivity index (χ1v) is 6.03. The smallest absolute Gasteiger partial charge is 0.328 e. The monoisotopic (exact) mass is 247 g/mol. The Bertz CT molecular complexity index is 445. The summed E-state index contributed by atoms with van der Waals surface area (Å²) in [5.41, 5.74) is 2.50. The molecule has 4 nitrogen and oxygen atoms in total. The summed E-state index contributed by atoms with van der Waals surface area (Å²) in [6.45, 7) is 1.41. The summed E-state index contributed by atoms with van der Waals surface area (Å²) < 4.78 is 4.77. The van der Waals surface area contributed by atoms with Gasteiger partial charge in [0.25, 0.3) is 0 Å². The quantitative estimate of drug-likeness (QED) is 0.813. The first kappa shape index (κ1) is 12.6. The van der Waals surface area contributed by atoms with Gasteiger partial charge in [0, 0.05) is 6.92 Å². The molecule has 0 aliphatic heterocycles. The topological polar surface area (TPSA) is 55.4 Å². The zero-order chi connectivity index (χ0) is 13.1. The summed E-state index contributed by atoms with van der Waals surface area (Å²) in [6.07, 6.45) is 1.60. The highest BCUT2D eigenvalue weighted by atomic mass is 16.5. The lowest BCUT2D eigenvalue weighted by Gasteiger charge is -2.21. The first-order valence-electron chi connectivity index (χ1n) is 6.03. The molecule has 0 heterocycles. The third kappa shape index (κ3) is 2.53. The third-order valence-corrected chi connectivity index (χ3v) is 3.37. The van der Waals surface area contributed by atoms with E-state index >= 15 is 0 Å². The molecule has 1 aliphatic carbocycles. The minimum atomic E-state index is -0.556. The van der Waals surface area contributed by atoms with E-state index < -0.39 is 6.04 Å². The van der Waals surface area contributed by atoms with Crippen LogP contribution in [0, 0.1) is 5.92 Å². The highest BCUT2D eigenvalue weighted by Gasteiger charge is 2.34. The minimum absolute atomic E-state index is 0.0822. The average molecular weight is 247 g/mol. The molecule has 1 atom stereocenters. The van der Waals surface area contributed by atoms with Gasteiger partial charge in [0.1, 0.15) is 6.04 Å². The van der Waals surface area contributed by atoms with Crippen molar-refractivity contribution in [3.63, 3.8) is 0 Å². The summed E-state index contributed by atoms with van der Waals surface area (Å²) in [4.78, 5) is 22.9. The molecule has 2 rings (SSSR count). The van der Waals surface area contributed by atoms with Gasteiger partial charge < -0.3 is 10.1 Å². The molecule has 0 spiro atoms. The van der Waals surface area contributed by atoms with Gasteiger partial charge in [-0.15, -0.1) is 0 Å². The largest absolute Gasteiger partial charge is 0.467 e. The molecule has 1 aromatic carbocycles. The van der Waals surface area contributed by atoms with Crippen LogP contribution in [0.3, 0.4) is 0 Å². The second-order valence-corrected chi connectivity index (χ2v) is 4.64. The van der Waals surface area contributed by atoms with Gasteiger partial charge in [0.15, 0.2) is 0 Å². The van der Waals surface area contributed by atoms with Crippen LogP contribution in [0.15, 0.2) is 24.3 Å². The lowest BCUT2D eigenvalue weighted by atomic mass is 9.96. The van der Waals surface area contributed by atoms with E-state index in [9.17, 15) is 9.59 Å². The summed E-state index contributed by atoms with van der Waals surface area (Å²) in [7, 11) is 1.35. The molecule has 18 heavy (non-hydrogen) atoms. The molecular weight excluding hydrogens is 230 g/mol. The van der Waals surface area contributed by atoms with Crippen LogP contribution in [0.1, 0.15) is 18.1 Å². The van der Waals surface area contributed by atoms with Crippen LogP contribution in [0.5, 0.6) is 0 Å². The molecule has 0 unspecified atom stereocenters. The second kappa shape index (κ2) is 5.21. The van der Waals surface area contributed by atoms with Crippen molar-refractivity contribution >= 4 is 11.9 Å². The molecule has 0 saturated carbocycles. The predicted molar refractivity (Wildman–Crippen MR) is 67.0 cm³/mol. The Morgan fingerprint density at radius 1 is 1.28 bits per heavy atom. The van der Waals surface area contributed by atoms with E-state index in [-0.39, 0.29) is 17.8 Å². The van der Waals surface area contributed by atoms with Gasteiger partial charge in [-0.2, -0.15) is 0 Å². The molecule has 96 valence electrons. The summed E-state index contributed by atoms with van der Waals surface area (Å²) in [5.74, 6) is -0.497. The van der Waals surface area contributed by atoms with Gasteiger partial charge in [-0.25, -0.2) is 4.79 Å². The van der Waals surface area contributed by atoms with Crippen LogP contribution in [-0.2, 0) is 27.2 Å². The van der Waals surface area contributed by atoms with E-state index in [0.29, 0.717) is 0 Å². The van der Waals surface area contributed by atoms with Crippen molar-refractivity contribution in [2.24, 2.45) is 5.92 Å². The summed E-state index contributed by atoms with van der Waals surface area (Å²) >= 11 is 0. The number of nitrogens with one attached hydrogen (secondary N) is 1. The molecule has 4 heteroatoms. The second-order valence-electron chi connectivity index (χ2n) is 4.64. The first-order chi connectivity index (χ1) is 8.61. The SMILES string of the molecule is COC(=O)[C@@H](NC(C)=O)C1Cc2ccccc2C1. The van der Waals surface area contributed by atoms with E-state index in [2.05, 4.69) is 17.4 Å². The number of hydrogen-bond acceptors (Lipinski definition) is 3. The average Bonchev–Trinajstić information content (AvgIpc) is 2.78. The number of ether oxygens (including phenoxy) is 1. The molecule has 1 N–H and O–H groups in total. The number of carbonyl (C=O) groups excluding carboxylic acids is 2. The van der Waals surface area contributed by atoms with Crippen LogP contribution in [-0.4, -0.2) is 25.0 Å². The molecular formula is C14H17NO3. The number of benzene rings is 1. The zero-order valence-electron chi connectivity index (χ0n) is 10.6. The fourth-order valence-corrected chi connectivity index (χ4v) is 2.54. The van der Waals surface area contributed by atoms with Crippen molar-refractivity contribution in [2.75, 3.05) is 7.11 Å². The molecule has 1 amide bonds. The fourth-order valence-electron chi connectivity index (χ4n) is 2.54. The maximum absolute atomic E-state index is 11.7. The fraction of sp³-hybridized carbons (Fsp3) is 0.429. The van der Waals surface area contributed by atoms with Gasteiger partial charge in [-0.05, 0) is 29.9 Å². The van der Waals surface area contributed by atoms with Crippen LogP contribution >= 0.6 is 0 Å². The Morgan fingerprint density at radius 2 is 1.83 bits per heavy atom. The van der Waals surface area contributed by atoms with Gasteiger partial charge in [0.05, 0.1) is 7.11 Å². The third-order valence-electron chi connectivity index (χ3n) is 3.37. The molecule has 1 aromatic rings. The highest BCUT2D eigenvalue weighted by Crippen LogP contribution is 2.29. The Morgan fingerprint density at radius 3 is 2.28 bits per heavy atom. The highest BCUT2D eigenvalue weighted by molar-refractivity contribution is 5.83. The number of rotatable bonds is 3. The van der Waals surface area contributed by atoms with E-state index in [1.165, 1.54) is 25.2 Å². The number of methoxy groups -OCH3 is 1. The van der Waals surface area contributed by atoms with Crippen LogP contribution in [0.4, 0.5) is 0 Å². The van der Waals surface area contributed by atoms with E-state index in [0.717, 1.165) is 12.8 Å². The maximum Gasteiger partial charge on any atom is 0.328 e. The normalized spacial score (nSPS) is 15.9. The molecule has 0 radical (unpaired) electrons. The summed E-state index contributed by atoms with van der Waals surface area (Å²) in [5, 5.41) is 2.69. The van der Waals surface area contributed by atoms with Crippen LogP contribution < -0.4 is 5.32 Å². The van der Waals surface area contributed by atoms with Crippen molar-refractivity contribution in [1.82, 2.24) is 5.32 Å². The number of hydrogen-bond donors (Lipinski definition) is 1. The van der Waals surface area contributed by atoms with Crippen molar-refractivity contribution in [3.8, 4) is 0 Å². The Kier molecular flexibility index (Phi) is 3.65.